The summed E-state index contributed by atoms with van der Waals surface area (Å²) in [6, 6.07) is 25.6. The van der Waals surface area contributed by atoms with E-state index >= 15 is 0 Å². The highest BCUT2D eigenvalue weighted by atomic mass is 35.5. The third-order valence-corrected chi connectivity index (χ3v) is 5.14. The molecule has 5 heteroatoms. The van der Waals surface area contributed by atoms with Crippen molar-refractivity contribution in [3.63, 3.8) is 0 Å². The molecule has 0 aliphatic carbocycles. The number of carbonyl (C=O) groups excluding carboxylic acids is 2. The van der Waals surface area contributed by atoms with Gasteiger partial charge in [-0.25, -0.2) is 9.78 Å². The fourth-order valence-corrected chi connectivity index (χ4v) is 3.40. The molecule has 1 aromatic heterocycles. The fraction of sp³-hybridized carbons (Fsp3) is 0.0741. The summed E-state index contributed by atoms with van der Waals surface area (Å²) in [4.78, 5) is 29.1. The van der Waals surface area contributed by atoms with Gasteiger partial charge in [-0.3, -0.25) is 4.79 Å². The van der Waals surface area contributed by atoms with E-state index in [4.69, 9.17) is 16.3 Å². The van der Waals surface area contributed by atoms with Gasteiger partial charge in [0.15, 0.2) is 5.78 Å². The van der Waals surface area contributed by atoms with Gasteiger partial charge in [-0.15, -0.1) is 0 Å². The number of hydrogen-bond acceptors (Lipinski definition) is 4. The Bertz CT molecular complexity index is 1300. The van der Waals surface area contributed by atoms with Gasteiger partial charge in [0.2, 0.25) is 0 Å². The summed E-state index contributed by atoms with van der Waals surface area (Å²) >= 11 is 6.06. The zero-order valence-corrected chi connectivity index (χ0v) is 18.0. The Morgan fingerprint density at radius 2 is 1.62 bits per heavy atom. The van der Waals surface area contributed by atoms with E-state index in [1.165, 1.54) is 0 Å². The number of ketones is 1. The van der Waals surface area contributed by atoms with Gasteiger partial charge in [0, 0.05) is 22.4 Å². The molecule has 4 aromatic rings. The van der Waals surface area contributed by atoms with Crippen LogP contribution in [0.2, 0.25) is 5.02 Å². The lowest BCUT2D eigenvalue weighted by Gasteiger charge is -2.05. The van der Waals surface area contributed by atoms with Crippen molar-refractivity contribution in [2.45, 2.75) is 6.42 Å². The number of halogens is 1. The molecule has 32 heavy (non-hydrogen) atoms. The highest BCUT2D eigenvalue weighted by Gasteiger charge is 2.10. The molecule has 4 rings (SSSR count). The number of pyridine rings is 1. The van der Waals surface area contributed by atoms with Crippen LogP contribution in [0.4, 0.5) is 0 Å². The summed E-state index contributed by atoms with van der Waals surface area (Å²) in [5.41, 5.74) is 3.54. The van der Waals surface area contributed by atoms with E-state index in [9.17, 15) is 9.59 Å². The molecule has 4 nitrogen and oxygen atoms in total. The molecule has 1 heterocycles. The summed E-state index contributed by atoms with van der Waals surface area (Å²) in [5, 5.41) is 1.67. The number of benzene rings is 3. The lowest BCUT2D eigenvalue weighted by molar-refractivity contribution is 0.0496. The highest BCUT2D eigenvalue weighted by Crippen LogP contribution is 2.19. The van der Waals surface area contributed by atoms with Crippen LogP contribution >= 0.6 is 11.6 Å². The predicted molar refractivity (Wildman–Crippen MR) is 128 cm³/mol. The molecular formula is C27H20ClNO3. The van der Waals surface area contributed by atoms with Gasteiger partial charge in [0.05, 0.1) is 23.4 Å². The van der Waals surface area contributed by atoms with E-state index < -0.39 is 5.97 Å². The van der Waals surface area contributed by atoms with Crippen LogP contribution < -0.4 is 0 Å². The monoisotopic (exact) mass is 441 g/mol. The molecule has 0 amide bonds. The minimum atomic E-state index is -0.431. The van der Waals surface area contributed by atoms with Crippen LogP contribution in [0.3, 0.4) is 0 Å². The zero-order chi connectivity index (χ0) is 22.3. The SMILES string of the molecule is O=C(CCOC(=O)c1ccccc1)c1cccc(C=Cc2ccc3ccc(Cl)cc3n2)c1. The van der Waals surface area contributed by atoms with Crippen LogP contribution in [-0.2, 0) is 4.74 Å². The number of carbonyl (C=O) groups is 2. The van der Waals surface area contributed by atoms with Gasteiger partial charge < -0.3 is 4.74 Å². The van der Waals surface area contributed by atoms with Crippen molar-refractivity contribution in [1.82, 2.24) is 4.98 Å². The Balaban J connectivity index is 1.38. The van der Waals surface area contributed by atoms with Crippen LogP contribution in [0.25, 0.3) is 23.1 Å². The Labute approximate surface area is 191 Å². The largest absolute Gasteiger partial charge is 0.462 e. The van der Waals surface area contributed by atoms with Crippen molar-refractivity contribution in [2.75, 3.05) is 6.61 Å². The first-order chi connectivity index (χ1) is 15.6. The number of Topliss-reactive ketones (excluding diaryl/α,β-unsaturated/α-hetero) is 1. The second-order valence-electron chi connectivity index (χ2n) is 7.21. The van der Waals surface area contributed by atoms with Crippen molar-refractivity contribution in [1.29, 1.82) is 0 Å². The Kier molecular flexibility index (Phi) is 6.73. The van der Waals surface area contributed by atoms with Crippen LogP contribution in [-0.4, -0.2) is 23.3 Å². The van der Waals surface area contributed by atoms with Gasteiger partial charge in [-0.05, 0) is 48.0 Å². The Morgan fingerprint density at radius 3 is 2.47 bits per heavy atom. The molecule has 0 N–H and O–H groups in total. The number of fused-ring (bicyclic) bond motifs is 1. The van der Waals surface area contributed by atoms with Gasteiger partial charge in [-0.1, -0.05) is 66.2 Å². The average Bonchev–Trinajstić information content (AvgIpc) is 2.83. The molecular weight excluding hydrogens is 422 g/mol. The van der Waals surface area contributed by atoms with Crippen molar-refractivity contribution < 1.29 is 14.3 Å². The normalized spacial score (nSPS) is 11.0. The minimum Gasteiger partial charge on any atom is -0.462 e. The second-order valence-corrected chi connectivity index (χ2v) is 7.64. The smallest absolute Gasteiger partial charge is 0.338 e. The van der Waals surface area contributed by atoms with Gasteiger partial charge in [0.25, 0.3) is 0 Å². The topological polar surface area (TPSA) is 56.3 Å². The van der Waals surface area contributed by atoms with Crippen LogP contribution in [0, 0.1) is 0 Å². The van der Waals surface area contributed by atoms with Crippen molar-refractivity contribution in [2.24, 2.45) is 0 Å². The maximum atomic E-state index is 12.5. The van der Waals surface area contributed by atoms with Gasteiger partial charge in [-0.2, -0.15) is 0 Å². The second kappa shape index (κ2) is 10.0. The maximum Gasteiger partial charge on any atom is 0.338 e. The maximum absolute atomic E-state index is 12.5. The predicted octanol–water partition coefficient (Wildman–Crippen LogP) is 6.49. The van der Waals surface area contributed by atoms with E-state index in [0.717, 1.165) is 22.2 Å². The highest BCUT2D eigenvalue weighted by molar-refractivity contribution is 6.31. The van der Waals surface area contributed by atoms with Crippen LogP contribution in [0.15, 0.2) is 84.9 Å². The van der Waals surface area contributed by atoms with E-state index in [2.05, 4.69) is 4.98 Å². The van der Waals surface area contributed by atoms with Gasteiger partial charge >= 0.3 is 5.97 Å². The number of nitrogens with zero attached hydrogens (tertiary/aromatic N) is 1. The van der Waals surface area contributed by atoms with E-state index in [0.29, 0.717) is 16.1 Å². The first-order valence-electron chi connectivity index (χ1n) is 10.2. The van der Waals surface area contributed by atoms with Crippen molar-refractivity contribution in [3.05, 3.63) is 112 Å². The lowest BCUT2D eigenvalue weighted by Crippen LogP contribution is -2.10. The summed E-state index contributed by atoms with van der Waals surface area (Å²) in [7, 11) is 0. The summed E-state index contributed by atoms with van der Waals surface area (Å²) < 4.78 is 5.21. The molecule has 158 valence electrons. The van der Waals surface area contributed by atoms with E-state index in [1.807, 2.05) is 66.7 Å². The Hall–Kier alpha value is -3.76. The zero-order valence-electron chi connectivity index (χ0n) is 17.2. The number of esters is 1. The quantitative estimate of drug-likeness (QED) is 0.243. The summed E-state index contributed by atoms with van der Waals surface area (Å²) in [6.45, 7) is 0.0379. The standard InChI is InChI=1S/C27H20ClNO3/c28-23-12-10-20-11-14-24(29-25(20)18-23)13-9-19-5-4-8-22(17-19)26(30)15-16-32-27(31)21-6-2-1-3-7-21/h1-14,17-18H,15-16H2. The molecule has 0 saturated heterocycles. The first-order valence-corrected chi connectivity index (χ1v) is 10.6. The molecule has 0 atom stereocenters. The number of hydrogen-bond donors (Lipinski definition) is 0. The summed E-state index contributed by atoms with van der Waals surface area (Å²) in [5.74, 6) is -0.515. The number of aromatic nitrogens is 1. The molecule has 0 bridgehead atoms. The van der Waals surface area contributed by atoms with Crippen LogP contribution in [0.5, 0.6) is 0 Å². The molecule has 0 radical (unpaired) electrons. The van der Waals surface area contributed by atoms with Crippen LogP contribution in [0.1, 0.15) is 38.4 Å². The molecule has 0 spiro atoms. The minimum absolute atomic E-state index is 0.0379. The fourth-order valence-electron chi connectivity index (χ4n) is 3.23. The molecule has 0 saturated carbocycles. The van der Waals surface area contributed by atoms with Crippen molar-refractivity contribution >= 4 is 46.4 Å². The molecule has 0 fully saturated rings. The summed E-state index contributed by atoms with van der Waals surface area (Å²) in [6.07, 6.45) is 3.93. The van der Waals surface area contributed by atoms with Crippen molar-refractivity contribution in [3.8, 4) is 0 Å². The van der Waals surface area contributed by atoms with E-state index in [-0.39, 0.29) is 18.8 Å². The molecule has 0 aliphatic rings. The van der Waals surface area contributed by atoms with Gasteiger partial charge in [0.1, 0.15) is 0 Å². The lowest BCUT2D eigenvalue weighted by atomic mass is 10.0. The number of ether oxygens (including phenoxy) is 1. The molecule has 0 unspecified atom stereocenters. The Morgan fingerprint density at radius 1 is 0.844 bits per heavy atom. The number of rotatable bonds is 7. The third-order valence-electron chi connectivity index (χ3n) is 4.90. The average molecular weight is 442 g/mol. The first kappa shape index (κ1) is 21.5. The van der Waals surface area contributed by atoms with E-state index in [1.54, 1.807) is 30.3 Å². The molecule has 3 aromatic carbocycles. The third kappa shape index (κ3) is 5.48. The molecule has 0 aliphatic heterocycles.